The number of thiophene rings is 1. The first-order valence-electron chi connectivity index (χ1n) is 4.19. The van der Waals surface area contributed by atoms with Crippen LogP contribution in [-0.4, -0.2) is 18.1 Å². The summed E-state index contributed by atoms with van der Waals surface area (Å²) >= 11 is 1.27. The molecular formula is C9H14N2O2S. The van der Waals surface area contributed by atoms with Crippen molar-refractivity contribution in [3.05, 3.63) is 16.3 Å². The molecular weight excluding hydrogens is 200 g/mol. The Kier molecular flexibility index (Phi) is 3.13. The summed E-state index contributed by atoms with van der Waals surface area (Å²) in [5.74, 6) is 0.0471. The lowest BCUT2D eigenvalue weighted by Crippen LogP contribution is -2.38. The van der Waals surface area contributed by atoms with Crippen LogP contribution in [0.3, 0.4) is 0 Å². The molecule has 4 nitrogen and oxygen atoms in total. The van der Waals surface area contributed by atoms with Crippen LogP contribution in [0.5, 0.6) is 5.75 Å². The molecule has 0 unspecified atom stereocenters. The highest BCUT2D eigenvalue weighted by atomic mass is 32.1. The van der Waals surface area contributed by atoms with Gasteiger partial charge in [-0.2, -0.15) is 0 Å². The average Bonchev–Trinajstić information content (AvgIpc) is 2.46. The van der Waals surface area contributed by atoms with Crippen molar-refractivity contribution >= 4 is 17.2 Å². The summed E-state index contributed by atoms with van der Waals surface area (Å²) in [6, 6.07) is 1.72. The second kappa shape index (κ2) is 3.98. The molecule has 0 aliphatic heterocycles. The highest BCUT2D eigenvalue weighted by Gasteiger charge is 2.15. The molecule has 0 aliphatic rings. The fourth-order valence-corrected chi connectivity index (χ4v) is 1.54. The molecule has 78 valence electrons. The maximum Gasteiger partial charge on any atom is 0.262 e. The molecule has 1 amide bonds. The largest absolute Gasteiger partial charge is 0.490 e. The Hall–Kier alpha value is -1.07. The first-order valence-corrected chi connectivity index (χ1v) is 5.07. The minimum atomic E-state index is -0.468. The Labute approximate surface area is 86.9 Å². The molecule has 0 saturated heterocycles. The van der Waals surface area contributed by atoms with E-state index in [-0.39, 0.29) is 0 Å². The van der Waals surface area contributed by atoms with Crippen LogP contribution in [0.15, 0.2) is 11.4 Å². The third-order valence-electron chi connectivity index (χ3n) is 1.45. The molecule has 14 heavy (non-hydrogen) atoms. The summed E-state index contributed by atoms with van der Waals surface area (Å²) in [6.45, 7) is 4.05. The maximum absolute atomic E-state index is 10.9. The van der Waals surface area contributed by atoms with Gasteiger partial charge in [0.2, 0.25) is 0 Å². The van der Waals surface area contributed by atoms with Gasteiger partial charge in [0.25, 0.3) is 5.91 Å². The van der Waals surface area contributed by atoms with Gasteiger partial charge in [0.15, 0.2) is 0 Å². The van der Waals surface area contributed by atoms with Gasteiger partial charge >= 0.3 is 0 Å². The van der Waals surface area contributed by atoms with E-state index in [0.29, 0.717) is 17.2 Å². The average molecular weight is 214 g/mol. The number of rotatable bonds is 4. The van der Waals surface area contributed by atoms with Crippen molar-refractivity contribution in [1.29, 1.82) is 0 Å². The maximum atomic E-state index is 10.9. The van der Waals surface area contributed by atoms with Crippen molar-refractivity contribution in [2.45, 2.75) is 19.4 Å². The van der Waals surface area contributed by atoms with Gasteiger partial charge in [-0.3, -0.25) is 4.79 Å². The van der Waals surface area contributed by atoms with Crippen LogP contribution in [-0.2, 0) is 0 Å². The SMILES string of the molecule is CC(C)(N)COc1ccsc1C(N)=O. The van der Waals surface area contributed by atoms with Crippen molar-refractivity contribution in [3.63, 3.8) is 0 Å². The predicted octanol–water partition coefficient (Wildman–Crippen LogP) is 0.963. The van der Waals surface area contributed by atoms with Gasteiger partial charge in [-0.15, -0.1) is 11.3 Å². The number of nitrogens with two attached hydrogens (primary N) is 2. The Morgan fingerprint density at radius 3 is 2.79 bits per heavy atom. The fraction of sp³-hybridized carbons (Fsp3) is 0.444. The molecule has 4 N–H and O–H groups in total. The van der Waals surface area contributed by atoms with Crippen LogP contribution in [0.4, 0.5) is 0 Å². The monoisotopic (exact) mass is 214 g/mol. The normalized spacial score (nSPS) is 11.4. The highest BCUT2D eigenvalue weighted by molar-refractivity contribution is 7.12. The Bertz CT molecular complexity index is 328. The molecule has 0 atom stereocenters. The van der Waals surface area contributed by atoms with Crippen LogP contribution >= 0.6 is 11.3 Å². The minimum Gasteiger partial charge on any atom is -0.490 e. The zero-order chi connectivity index (χ0) is 10.8. The highest BCUT2D eigenvalue weighted by Crippen LogP contribution is 2.24. The topological polar surface area (TPSA) is 78.3 Å². The molecule has 1 heterocycles. The Morgan fingerprint density at radius 2 is 2.29 bits per heavy atom. The molecule has 5 heteroatoms. The first kappa shape index (κ1) is 11.0. The van der Waals surface area contributed by atoms with E-state index in [0.717, 1.165) is 0 Å². The lowest BCUT2D eigenvalue weighted by Gasteiger charge is -2.18. The number of carbonyl (C=O) groups is 1. The summed E-state index contributed by atoms with van der Waals surface area (Å²) in [5, 5.41) is 1.76. The van der Waals surface area contributed by atoms with Gasteiger partial charge < -0.3 is 16.2 Å². The van der Waals surface area contributed by atoms with Gasteiger partial charge in [-0.05, 0) is 25.3 Å². The molecule has 0 aromatic carbocycles. The number of ether oxygens (including phenoxy) is 1. The molecule has 0 bridgehead atoms. The van der Waals surface area contributed by atoms with Crippen molar-refractivity contribution in [1.82, 2.24) is 0 Å². The van der Waals surface area contributed by atoms with E-state index < -0.39 is 11.4 Å². The Balaban J connectivity index is 2.68. The number of primary amides is 1. The summed E-state index contributed by atoms with van der Waals surface area (Å²) in [6.07, 6.45) is 0. The number of hydrogen-bond acceptors (Lipinski definition) is 4. The van der Waals surface area contributed by atoms with Crippen LogP contribution in [0.25, 0.3) is 0 Å². The quantitative estimate of drug-likeness (QED) is 0.783. The number of amides is 1. The second-order valence-corrected chi connectivity index (χ2v) is 4.67. The zero-order valence-corrected chi connectivity index (χ0v) is 9.06. The zero-order valence-electron chi connectivity index (χ0n) is 8.24. The van der Waals surface area contributed by atoms with Crippen molar-refractivity contribution in [2.75, 3.05) is 6.61 Å². The first-order chi connectivity index (χ1) is 6.40. The summed E-state index contributed by atoms with van der Waals surface area (Å²) < 4.78 is 5.39. The van der Waals surface area contributed by atoms with E-state index >= 15 is 0 Å². The van der Waals surface area contributed by atoms with Crippen LogP contribution in [0.1, 0.15) is 23.5 Å². The number of carbonyl (C=O) groups excluding carboxylic acids is 1. The third kappa shape index (κ3) is 3.01. The van der Waals surface area contributed by atoms with Gasteiger partial charge in [0.05, 0.1) is 0 Å². The lowest BCUT2D eigenvalue weighted by molar-refractivity contribution is 0.0999. The van der Waals surface area contributed by atoms with E-state index in [4.69, 9.17) is 16.2 Å². The molecule has 1 rings (SSSR count). The van der Waals surface area contributed by atoms with Crippen LogP contribution in [0.2, 0.25) is 0 Å². The molecule has 1 aromatic rings. The minimum absolute atomic E-state index is 0.351. The van der Waals surface area contributed by atoms with Crippen LogP contribution < -0.4 is 16.2 Å². The Morgan fingerprint density at radius 1 is 1.64 bits per heavy atom. The van der Waals surface area contributed by atoms with Crippen LogP contribution in [0, 0.1) is 0 Å². The van der Waals surface area contributed by atoms with Crippen molar-refractivity contribution in [2.24, 2.45) is 11.5 Å². The number of hydrogen-bond donors (Lipinski definition) is 2. The molecule has 0 radical (unpaired) electrons. The second-order valence-electron chi connectivity index (χ2n) is 3.76. The molecule has 0 aliphatic carbocycles. The summed E-state index contributed by atoms with van der Waals surface area (Å²) in [4.78, 5) is 11.4. The molecule has 1 aromatic heterocycles. The fourth-order valence-electron chi connectivity index (χ4n) is 0.855. The van der Waals surface area contributed by atoms with Gasteiger partial charge in [-0.25, -0.2) is 0 Å². The summed E-state index contributed by atoms with van der Waals surface area (Å²) in [5.41, 5.74) is 10.5. The van der Waals surface area contributed by atoms with E-state index in [1.54, 1.807) is 11.4 Å². The smallest absolute Gasteiger partial charge is 0.262 e. The van der Waals surface area contributed by atoms with E-state index in [1.165, 1.54) is 11.3 Å². The van der Waals surface area contributed by atoms with Crippen molar-refractivity contribution in [3.8, 4) is 5.75 Å². The summed E-state index contributed by atoms with van der Waals surface area (Å²) in [7, 11) is 0. The van der Waals surface area contributed by atoms with Crippen molar-refractivity contribution < 1.29 is 9.53 Å². The van der Waals surface area contributed by atoms with Gasteiger partial charge in [0.1, 0.15) is 17.2 Å². The molecule has 0 fully saturated rings. The van der Waals surface area contributed by atoms with Gasteiger partial charge in [-0.1, -0.05) is 0 Å². The standard InChI is InChI=1S/C9H14N2O2S/c1-9(2,11)5-13-6-3-4-14-7(6)8(10)12/h3-4H,5,11H2,1-2H3,(H2,10,12). The van der Waals surface area contributed by atoms with E-state index in [1.807, 2.05) is 13.8 Å². The lowest BCUT2D eigenvalue weighted by atomic mass is 10.1. The molecule has 0 saturated carbocycles. The predicted molar refractivity (Wildman–Crippen MR) is 56.6 cm³/mol. The van der Waals surface area contributed by atoms with E-state index in [9.17, 15) is 4.79 Å². The van der Waals surface area contributed by atoms with Gasteiger partial charge in [0, 0.05) is 5.54 Å². The van der Waals surface area contributed by atoms with E-state index in [2.05, 4.69) is 0 Å². The molecule has 0 spiro atoms. The third-order valence-corrected chi connectivity index (χ3v) is 2.36.